The summed E-state index contributed by atoms with van der Waals surface area (Å²) in [6.45, 7) is 0. The van der Waals surface area contributed by atoms with Crippen molar-refractivity contribution in [2.45, 2.75) is 0 Å². The molecule has 1 rings (SSSR count). The highest BCUT2D eigenvalue weighted by atomic mass is 31.2. The van der Waals surface area contributed by atoms with E-state index in [0.29, 0.717) is 0 Å². The molecule has 0 aromatic carbocycles. The molecule has 0 radical (unpaired) electrons. The van der Waals surface area contributed by atoms with Crippen LogP contribution in [-0.4, -0.2) is 7.05 Å². The van der Waals surface area contributed by atoms with Gasteiger partial charge in [0.15, 0.2) is 0 Å². The molecule has 10 nitrogen and oxygen atoms in total. The lowest BCUT2D eigenvalue weighted by Gasteiger charge is -2.37. The van der Waals surface area contributed by atoms with Crippen LogP contribution in [0.1, 0.15) is 0 Å². The summed E-state index contributed by atoms with van der Waals surface area (Å²) in [5, 5.41) is 41.0. The molecule has 1 aliphatic rings. The minimum Gasteiger partial charge on any atom is -0.596 e. The number of nitrogens with one attached hydrogen (secondary N) is 4. The van der Waals surface area contributed by atoms with Crippen LogP contribution >= 0.6 is 8.37 Å². The second-order valence-electron chi connectivity index (χ2n) is 1.83. The maximum atomic E-state index is 10.7. The molecule has 12 heavy (non-hydrogen) atoms. The Morgan fingerprint density at radius 3 is 2.17 bits per heavy atom. The lowest BCUT2D eigenvalue weighted by Crippen LogP contribution is -3.47. The summed E-state index contributed by atoms with van der Waals surface area (Å²) < 4.78 is 0. The lowest BCUT2D eigenvalue weighted by molar-refractivity contribution is -1.37. The van der Waals surface area contributed by atoms with E-state index >= 15 is 0 Å². The van der Waals surface area contributed by atoms with Crippen molar-refractivity contribution in [2.75, 3.05) is 7.05 Å². The van der Waals surface area contributed by atoms with Crippen molar-refractivity contribution in [1.29, 1.82) is 0 Å². The molecule has 1 saturated heterocycles. The predicted molar refractivity (Wildman–Crippen MR) is 32.3 cm³/mol. The van der Waals surface area contributed by atoms with E-state index in [1.165, 1.54) is 0 Å². The topological polar surface area (TPSA) is 128 Å². The first-order chi connectivity index (χ1) is 5.52. The van der Waals surface area contributed by atoms with Gasteiger partial charge in [-0.25, -0.2) is 0 Å². The van der Waals surface area contributed by atoms with Crippen molar-refractivity contribution < 1.29 is 30.1 Å². The smallest absolute Gasteiger partial charge is 0.596 e. The maximum absolute atomic E-state index is 10.7. The van der Waals surface area contributed by atoms with Crippen LogP contribution in [0.15, 0.2) is 0 Å². The summed E-state index contributed by atoms with van der Waals surface area (Å²) in [5.41, 5.74) is 0. The van der Waals surface area contributed by atoms with Crippen molar-refractivity contribution in [1.82, 2.24) is 0 Å². The first-order valence-electron chi connectivity index (χ1n) is 2.80. The highest BCUT2D eigenvalue weighted by Gasteiger charge is 2.56. The molecule has 72 valence electrons. The quantitative estimate of drug-likeness (QED) is 0.205. The van der Waals surface area contributed by atoms with Crippen LogP contribution in [0.25, 0.3) is 0 Å². The van der Waals surface area contributed by atoms with Crippen molar-refractivity contribution in [3.63, 3.8) is 0 Å². The van der Waals surface area contributed by atoms with Gasteiger partial charge in [-0.2, -0.15) is 5.23 Å². The van der Waals surface area contributed by atoms with E-state index in [9.17, 15) is 20.8 Å². The minimum atomic E-state index is -2.20. The van der Waals surface area contributed by atoms with Gasteiger partial charge in [-0.1, -0.05) is 5.00 Å². The fourth-order valence-electron chi connectivity index (χ4n) is 0.519. The molecule has 0 aromatic rings. The molecule has 0 bridgehead atoms. The van der Waals surface area contributed by atoms with Gasteiger partial charge in [0.05, 0.1) is 0 Å². The van der Waals surface area contributed by atoms with Crippen molar-refractivity contribution >= 4 is 8.37 Å². The van der Waals surface area contributed by atoms with Crippen LogP contribution in [0, 0.1) is 20.8 Å². The molecule has 4 N–H and O–H groups in total. The van der Waals surface area contributed by atoms with Crippen molar-refractivity contribution in [2.24, 2.45) is 0 Å². The molecule has 11 heteroatoms. The predicted octanol–water partition coefficient (Wildman–Crippen LogP) is -5.92. The van der Waals surface area contributed by atoms with E-state index in [0.717, 1.165) is 7.05 Å². The zero-order valence-corrected chi connectivity index (χ0v) is 6.79. The monoisotopic (exact) mass is 202 g/mol. The van der Waals surface area contributed by atoms with Crippen molar-refractivity contribution in [3.05, 3.63) is 20.8 Å². The van der Waals surface area contributed by atoms with Gasteiger partial charge >= 0.3 is 8.37 Å². The fraction of sp³-hybridized carbons (Fsp3) is 1.00. The zero-order chi connectivity index (χ0) is 9.30. The second-order valence-corrected chi connectivity index (χ2v) is 3.60. The number of hydrogen-bond acceptors (Lipinski definition) is 6. The van der Waals surface area contributed by atoms with E-state index in [4.69, 9.17) is 0 Å². The first kappa shape index (κ1) is 10.1. The third-order valence-corrected chi connectivity index (χ3v) is 2.32. The Morgan fingerprint density at radius 1 is 1.33 bits per heavy atom. The number of quaternary nitrogens is 4. The maximum Gasteiger partial charge on any atom is 0.665 e. The lowest BCUT2D eigenvalue weighted by atomic mass is 11.5. The molecule has 4 atom stereocenters. The van der Waals surface area contributed by atoms with Gasteiger partial charge in [0, 0.05) is 9.88 Å². The standard InChI is InChI=1S/CH7N4O6P/c1-2(6)10-3(7)12-4(8)11-5(12)9/h2-5H,1H3. The third-order valence-electron chi connectivity index (χ3n) is 0.953. The van der Waals surface area contributed by atoms with Gasteiger partial charge in [0.1, 0.15) is 7.05 Å². The van der Waals surface area contributed by atoms with Crippen LogP contribution in [0.5, 0.6) is 0 Å². The molecular formula is CH7N4O6P. The summed E-state index contributed by atoms with van der Waals surface area (Å²) >= 11 is 0. The summed E-state index contributed by atoms with van der Waals surface area (Å²) in [5.74, 6) is 0. The largest absolute Gasteiger partial charge is 0.665 e. The normalized spacial score (nSPS) is 40.2. The average Bonchev–Trinajstić information content (AvgIpc) is 1.83. The Labute approximate surface area is 67.5 Å². The van der Waals surface area contributed by atoms with E-state index in [2.05, 4.69) is 9.88 Å². The molecule has 0 aromatic heterocycles. The molecule has 1 heterocycles. The Morgan fingerprint density at radius 2 is 1.83 bits per heavy atom. The van der Waals surface area contributed by atoms with Crippen LogP contribution in [-0.2, 0) is 9.88 Å². The van der Waals surface area contributed by atoms with E-state index in [-0.39, 0.29) is 0 Å². The minimum absolute atomic E-state index is 0.852. The molecule has 1 fully saturated rings. The summed E-state index contributed by atoms with van der Waals surface area (Å²) in [4.78, 5) is 4.97. The zero-order valence-electron chi connectivity index (χ0n) is 5.90. The van der Waals surface area contributed by atoms with E-state index < -0.39 is 28.6 Å². The average molecular weight is 202 g/mol. The van der Waals surface area contributed by atoms with Gasteiger partial charge in [-0.05, 0) is 9.99 Å². The Kier molecular flexibility index (Phi) is 3.22. The van der Waals surface area contributed by atoms with E-state index in [1.54, 1.807) is 0 Å². The Hall–Kier alpha value is 0.0300. The number of hydrogen-bond donors (Lipinski definition) is 4. The van der Waals surface area contributed by atoms with Crippen molar-refractivity contribution in [3.8, 4) is 0 Å². The highest BCUT2D eigenvalue weighted by Crippen LogP contribution is 2.01. The SMILES string of the molecule is C[NH+]([O-])O[NH+]([O-])P1[NH+]([O-])O[NH+]1[O-]. The molecule has 4 unspecified atom stereocenters. The van der Waals surface area contributed by atoms with Gasteiger partial charge < -0.3 is 20.8 Å². The van der Waals surface area contributed by atoms with Crippen LogP contribution in [0.3, 0.4) is 0 Å². The third kappa shape index (κ3) is 2.04. The number of rotatable bonds is 3. The van der Waals surface area contributed by atoms with Crippen LogP contribution in [0.4, 0.5) is 0 Å². The molecule has 0 spiro atoms. The molecule has 0 saturated carbocycles. The summed E-state index contributed by atoms with van der Waals surface area (Å²) in [7, 11) is -1.19. The number of hydroxylamine groups is 2. The summed E-state index contributed by atoms with van der Waals surface area (Å²) in [6.07, 6.45) is 0. The molecule has 0 amide bonds. The summed E-state index contributed by atoms with van der Waals surface area (Å²) in [6, 6.07) is 0. The first-order valence-corrected chi connectivity index (χ1v) is 4.15. The van der Waals surface area contributed by atoms with Gasteiger partial charge in [-0.3, -0.25) is 0 Å². The van der Waals surface area contributed by atoms with Gasteiger partial charge in [0.2, 0.25) is 0 Å². The Bertz CT molecular complexity index is 148. The van der Waals surface area contributed by atoms with E-state index in [1.807, 2.05) is 0 Å². The van der Waals surface area contributed by atoms with Crippen LogP contribution < -0.4 is 20.2 Å². The molecular weight excluding hydrogens is 195 g/mol. The molecule has 0 aliphatic carbocycles. The Balaban J connectivity index is 2.35. The molecule has 1 aliphatic heterocycles. The van der Waals surface area contributed by atoms with Gasteiger partial charge in [0.25, 0.3) is 0 Å². The van der Waals surface area contributed by atoms with Gasteiger partial charge in [-0.15, -0.1) is 0 Å². The van der Waals surface area contributed by atoms with Crippen LogP contribution in [0.2, 0.25) is 0 Å². The highest BCUT2D eigenvalue weighted by molar-refractivity contribution is 7.36. The second kappa shape index (κ2) is 3.83. The fourth-order valence-corrected chi connectivity index (χ4v) is 1.41.